The van der Waals surface area contributed by atoms with Crippen LogP contribution in [0.25, 0.3) is 0 Å². The lowest BCUT2D eigenvalue weighted by Crippen LogP contribution is -2.01. The SMILES string of the molecule is C/C=C\CP(C)c1cccc(OC)c1. The van der Waals surface area contributed by atoms with Crippen molar-refractivity contribution in [2.75, 3.05) is 19.9 Å². The summed E-state index contributed by atoms with van der Waals surface area (Å²) in [6.07, 6.45) is 5.49. The molecule has 1 rings (SSSR count). The Balaban J connectivity index is 2.73. The summed E-state index contributed by atoms with van der Waals surface area (Å²) in [5.41, 5.74) is 0. The standard InChI is InChI=1S/C12H17OP/c1-4-5-9-14(3)12-8-6-7-11(10-12)13-2/h4-8,10H,9H2,1-3H3/b5-4-. The van der Waals surface area contributed by atoms with Gasteiger partial charge in [-0.05, 0) is 37.2 Å². The van der Waals surface area contributed by atoms with Gasteiger partial charge >= 0.3 is 0 Å². The van der Waals surface area contributed by atoms with Gasteiger partial charge in [-0.1, -0.05) is 32.2 Å². The largest absolute Gasteiger partial charge is 0.497 e. The van der Waals surface area contributed by atoms with Gasteiger partial charge in [0.25, 0.3) is 0 Å². The molecule has 0 N–H and O–H groups in total. The minimum atomic E-state index is -0.0703. The smallest absolute Gasteiger partial charge is 0.119 e. The third-order valence-corrected chi connectivity index (χ3v) is 4.03. The molecule has 0 aliphatic heterocycles. The first-order chi connectivity index (χ1) is 6.77. The van der Waals surface area contributed by atoms with Crippen molar-refractivity contribution < 1.29 is 4.74 Å². The third-order valence-electron chi connectivity index (χ3n) is 2.11. The van der Waals surface area contributed by atoms with E-state index in [9.17, 15) is 0 Å². The second kappa shape index (κ2) is 5.82. The Morgan fingerprint density at radius 1 is 1.43 bits per heavy atom. The molecule has 0 heterocycles. The van der Waals surface area contributed by atoms with E-state index >= 15 is 0 Å². The van der Waals surface area contributed by atoms with Crippen molar-refractivity contribution in [2.24, 2.45) is 0 Å². The van der Waals surface area contributed by atoms with Crippen molar-refractivity contribution >= 4 is 13.2 Å². The summed E-state index contributed by atoms with van der Waals surface area (Å²) in [5, 5.41) is 1.40. The van der Waals surface area contributed by atoms with Crippen LogP contribution >= 0.6 is 7.92 Å². The molecule has 1 aromatic carbocycles. The van der Waals surface area contributed by atoms with Crippen LogP contribution in [0, 0.1) is 0 Å². The first-order valence-electron chi connectivity index (χ1n) is 4.74. The minimum absolute atomic E-state index is 0.0703. The summed E-state index contributed by atoms with van der Waals surface area (Å²) in [6, 6.07) is 8.36. The van der Waals surface area contributed by atoms with Crippen molar-refractivity contribution in [3.8, 4) is 5.75 Å². The van der Waals surface area contributed by atoms with Gasteiger partial charge in [0.1, 0.15) is 5.75 Å². The molecule has 0 bridgehead atoms. The molecular formula is C12H17OP. The number of rotatable bonds is 4. The average Bonchev–Trinajstić information content (AvgIpc) is 2.26. The Kier molecular flexibility index (Phi) is 4.69. The molecule has 0 radical (unpaired) electrons. The van der Waals surface area contributed by atoms with Crippen LogP contribution in [0.3, 0.4) is 0 Å². The molecule has 1 aromatic rings. The molecule has 0 aliphatic carbocycles. The highest BCUT2D eigenvalue weighted by Crippen LogP contribution is 2.30. The van der Waals surface area contributed by atoms with Gasteiger partial charge in [-0.2, -0.15) is 0 Å². The molecule has 0 amide bonds. The Morgan fingerprint density at radius 3 is 2.86 bits per heavy atom. The van der Waals surface area contributed by atoms with Crippen molar-refractivity contribution in [2.45, 2.75) is 6.92 Å². The van der Waals surface area contributed by atoms with Gasteiger partial charge < -0.3 is 4.74 Å². The average molecular weight is 208 g/mol. The molecular weight excluding hydrogens is 191 g/mol. The number of ether oxygens (including phenoxy) is 1. The number of hydrogen-bond donors (Lipinski definition) is 0. The summed E-state index contributed by atoms with van der Waals surface area (Å²) in [5.74, 6) is 0.956. The Morgan fingerprint density at radius 2 is 2.21 bits per heavy atom. The Bertz CT molecular complexity index is 307. The van der Waals surface area contributed by atoms with Gasteiger partial charge in [0.2, 0.25) is 0 Å². The fourth-order valence-electron chi connectivity index (χ4n) is 1.22. The summed E-state index contributed by atoms with van der Waals surface area (Å²) < 4.78 is 5.20. The molecule has 1 unspecified atom stereocenters. The molecule has 0 saturated heterocycles. The predicted molar refractivity (Wildman–Crippen MR) is 65.2 cm³/mol. The lowest BCUT2D eigenvalue weighted by Gasteiger charge is -2.11. The van der Waals surface area contributed by atoms with Gasteiger partial charge in [0.05, 0.1) is 7.11 Å². The highest BCUT2D eigenvalue weighted by Gasteiger charge is 2.03. The van der Waals surface area contributed by atoms with Crippen LogP contribution in [0.15, 0.2) is 36.4 Å². The van der Waals surface area contributed by atoms with Crippen LogP contribution in [-0.4, -0.2) is 19.9 Å². The number of methoxy groups -OCH3 is 1. The molecule has 0 spiro atoms. The first-order valence-corrected chi connectivity index (χ1v) is 6.71. The van der Waals surface area contributed by atoms with Gasteiger partial charge in [-0.25, -0.2) is 0 Å². The number of allylic oxidation sites excluding steroid dienone is 2. The van der Waals surface area contributed by atoms with Gasteiger partial charge in [-0.15, -0.1) is 0 Å². The molecule has 76 valence electrons. The van der Waals surface area contributed by atoms with E-state index in [1.807, 2.05) is 6.07 Å². The topological polar surface area (TPSA) is 9.23 Å². The zero-order valence-corrected chi connectivity index (χ0v) is 9.92. The van der Waals surface area contributed by atoms with E-state index in [-0.39, 0.29) is 7.92 Å². The monoisotopic (exact) mass is 208 g/mol. The predicted octanol–water partition coefficient (Wildman–Crippen LogP) is 3.01. The summed E-state index contributed by atoms with van der Waals surface area (Å²) in [6.45, 7) is 4.36. The Hall–Kier alpha value is -0.810. The highest BCUT2D eigenvalue weighted by molar-refractivity contribution is 7.65. The van der Waals surface area contributed by atoms with Gasteiger partial charge in [-0.3, -0.25) is 0 Å². The maximum atomic E-state index is 5.20. The number of benzene rings is 1. The van der Waals surface area contributed by atoms with E-state index in [1.54, 1.807) is 7.11 Å². The molecule has 1 nitrogen and oxygen atoms in total. The molecule has 14 heavy (non-hydrogen) atoms. The quantitative estimate of drug-likeness (QED) is 0.546. The fraction of sp³-hybridized carbons (Fsp3) is 0.333. The van der Waals surface area contributed by atoms with Crippen molar-refractivity contribution in [1.29, 1.82) is 0 Å². The molecule has 0 fully saturated rings. The van der Waals surface area contributed by atoms with Gasteiger partial charge in [0, 0.05) is 0 Å². The van der Waals surface area contributed by atoms with Gasteiger partial charge in [0.15, 0.2) is 0 Å². The Labute approximate surface area is 87.5 Å². The third kappa shape index (κ3) is 3.16. The van der Waals surface area contributed by atoms with E-state index < -0.39 is 0 Å². The molecule has 0 aromatic heterocycles. The van der Waals surface area contributed by atoms with E-state index in [0.717, 1.165) is 11.9 Å². The summed E-state index contributed by atoms with van der Waals surface area (Å²) in [4.78, 5) is 0. The van der Waals surface area contributed by atoms with Crippen LogP contribution < -0.4 is 10.0 Å². The fourth-order valence-corrected chi connectivity index (χ4v) is 2.64. The highest BCUT2D eigenvalue weighted by atomic mass is 31.1. The van der Waals surface area contributed by atoms with Crippen LogP contribution in [0.1, 0.15) is 6.92 Å². The van der Waals surface area contributed by atoms with Crippen LogP contribution in [0.5, 0.6) is 5.75 Å². The lowest BCUT2D eigenvalue weighted by molar-refractivity contribution is 0.415. The van der Waals surface area contributed by atoms with Crippen LogP contribution in [0.2, 0.25) is 0 Å². The normalized spacial score (nSPS) is 13.1. The lowest BCUT2D eigenvalue weighted by atomic mass is 10.3. The molecule has 1 atom stereocenters. The second-order valence-corrected chi connectivity index (χ2v) is 5.43. The van der Waals surface area contributed by atoms with E-state index in [4.69, 9.17) is 4.74 Å². The molecule has 0 saturated carbocycles. The molecule has 2 heteroatoms. The second-order valence-electron chi connectivity index (χ2n) is 3.15. The summed E-state index contributed by atoms with van der Waals surface area (Å²) >= 11 is 0. The molecule has 0 aliphatic rings. The van der Waals surface area contributed by atoms with E-state index in [1.165, 1.54) is 5.30 Å². The maximum Gasteiger partial charge on any atom is 0.119 e. The van der Waals surface area contributed by atoms with Crippen molar-refractivity contribution in [3.05, 3.63) is 36.4 Å². The zero-order valence-electron chi connectivity index (χ0n) is 9.03. The van der Waals surface area contributed by atoms with Crippen molar-refractivity contribution in [3.63, 3.8) is 0 Å². The first kappa shape index (κ1) is 11.3. The van der Waals surface area contributed by atoms with Crippen molar-refractivity contribution in [1.82, 2.24) is 0 Å². The van der Waals surface area contributed by atoms with Crippen LogP contribution in [-0.2, 0) is 0 Å². The zero-order chi connectivity index (χ0) is 10.4. The number of hydrogen-bond acceptors (Lipinski definition) is 1. The van der Waals surface area contributed by atoms with E-state index in [2.05, 4.69) is 43.9 Å². The van der Waals surface area contributed by atoms with Crippen LogP contribution in [0.4, 0.5) is 0 Å². The van der Waals surface area contributed by atoms with E-state index in [0.29, 0.717) is 0 Å². The summed E-state index contributed by atoms with van der Waals surface area (Å²) in [7, 11) is 1.64. The minimum Gasteiger partial charge on any atom is -0.497 e. The maximum absolute atomic E-state index is 5.20.